The van der Waals surface area contributed by atoms with Crippen molar-refractivity contribution in [2.45, 2.75) is 6.92 Å². The molecule has 4 heteroatoms. The molecule has 1 amide bonds. The lowest BCUT2D eigenvalue weighted by atomic mass is 10.2. The van der Waals surface area contributed by atoms with Crippen LogP contribution in [0.15, 0.2) is 54.6 Å². The normalized spacial score (nSPS) is 10.6. The Morgan fingerprint density at radius 3 is 2.52 bits per heavy atom. The number of carbonyl (C=O) groups excluding carboxylic acids is 1. The van der Waals surface area contributed by atoms with Crippen LogP contribution >= 0.6 is 0 Å². The molecule has 0 saturated heterocycles. The second-order valence-corrected chi connectivity index (χ2v) is 4.91. The minimum atomic E-state index is -0.0926. The van der Waals surface area contributed by atoms with Crippen LogP contribution in [0.2, 0.25) is 0 Å². The molecule has 0 bridgehead atoms. The summed E-state index contributed by atoms with van der Waals surface area (Å²) in [6.07, 6.45) is 3.31. The SMILES string of the molecule is CCOc1cc(/C=C/C(=O)N(C)c2ccccc2)ccc1OC. The van der Waals surface area contributed by atoms with Gasteiger partial charge in [-0.3, -0.25) is 4.79 Å². The standard InChI is InChI=1S/C19H21NO3/c1-4-23-18-14-15(10-12-17(18)22-3)11-13-19(21)20(2)16-8-6-5-7-9-16/h5-14H,4H2,1-3H3/b13-11+. The van der Waals surface area contributed by atoms with Crippen LogP contribution in [0.25, 0.3) is 6.08 Å². The first kappa shape index (κ1) is 16.6. The van der Waals surface area contributed by atoms with Crippen LogP contribution in [0.1, 0.15) is 12.5 Å². The number of para-hydroxylation sites is 1. The second-order valence-electron chi connectivity index (χ2n) is 4.91. The molecular weight excluding hydrogens is 290 g/mol. The average Bonchev–Trinajstić information content (AvgIpc) is 2.60. The predicted molar refractivity (Wildman–Crippen MR) is 93.0 cm³/mol. The quantitative estimate of drug-likeness (QED) is 0.762. The summed E-state index contributed by atoms with van der Waals surface area (Å²) < 4.78 is 10.8. The lowest BCUT2D eigenvalue weighted by Crippen LogP contribution is -2.23. The number of carbonyl (C=O) groups is 1. The Morgan fingerprint density at radius 2 is 1.87 bits per heavy atom. The predicted octanol–water partition coefficient (Wildman–Crippen LogP) is 3.77. The van der Waals surface area contributed by atoms with Crippen molar-refractivity contribution >= 4 is 17.7 Å². The van der Waals surface area contributed by atoms with Gasteiger partial charge in [0.1, 0.15) is 0 Å². The van der Waals surface area contributed by atoms with E-state index in [2.05, 4.69) is 0 Å². The van der Waals surface area contributed by atoms with Gasteiger partial charge in [-0.25, -0.2) is 0 Å². The second kappa shape index (κ2) is 8.03. The number of ether oxygens (including phenoxy) is 2. The smallest absolute Gasteiger partial charge is 0.250 e. The van der Waals surface area contributed by atoms with Gasteiger partial charge in [0, 0.05) is 18.8 Å². The third-order valence-corrected chi connectivity index (χ3v) is 3.38. The molecule has 0 aliphatic rings. The van der Waals surface area contributed by atoms with Crippen molar-refractivity contribution in [2.24, 2.45) is 0 Å². The van der Waals surface area contributed by atoms with Crippen molar-refractivity contribution in [2.75, 3.05) is 25.7 Å². The Kier molecular flexibility index (Phi) is 5.80. The van der Waals surface area contributed by atoms with Crippen LogP contribution < -0.4 is 14.4 Å². The fourth-order valence-corrected chi connectivity index (χ4v) is 2.12. The van der Waals surface area contributed by atoms with Gasteiger partial charge in [0.25, 0.3) is 5.91 Å². The van der Waals surface area contributed by atoms with Gasteiger partial charge in [0.15, 0.2) is 11.5 Å². The molecule has 120 valence electrons. The molecule has 0 N–H and O–H groups in total. The summed E-state index contributed by atoms with van der Waals surface area (Å²) in [7, 11) is 3.35. The molecule has 0 aliphatic carbocycles. The average molecular weight is 311 g/mol. The van der Waals surface area contributed by atoms with Crippen molar-refractivity contribution in [1.29, 1.82) is 0 Å². The molecule has 0 atom stereocenters. The molecule has 0 aliphatic heterocycles. The van der Waals surface area contributed by atoms with E-state index in [0.29, 0.717) is 18.1 Å². The van der Waals surface area contributed by atoms with E-state index in [1.165, 1.54) is 0 Å². The molecule has 0 radical (unpaired) electrons. The summed E-state index contributed by atoms with van der Waals surface area (Å²) in [5, 5.41) is 0. The molecule has 2 rings (SSSR count). The van der Waals surface area contributed by atoms with Crippen molar-refractivity contribution in [3.8, 4) is 11.5 Å². The summed E-state index contributed by atoms with van der Waals surface area (Å²) >= 11 is 0. The first-order valence-electron chi connectivity index (χ1n) is 7.47. The third-order valence-electron chi connectivity index (χ3n) is 3.38. The van der Waals surface area contributed by atoms with Gasteiger partial charge in [-0.2, -0.15) is 0 Å². The van der Waals surface area contributed by atoms with Crippen molar-refractivity contribution in [3.05, 3.63) is 60.2 Å². The highest BCUT2D eigenvalue weighted by Crippen LogP contribution is 2.28. The first-order chi connectivity index (χ1) is 11.2. The number of benzene rings is 2. The fraction of sp³-hybridized carbons (Fsp3) is 0.211. The highest BCUT2D eigenvalue weighted by atomic mass is 16.5. The molecule has 2 aromatic rings. The van der Waals surface area contributed by atoms with E-state index in [0.717, 1.165) is 11.3 Å². The Bertz CT molecular complexity index is 680. The zero-order valence-corrected chi connectivity index (χ0v) is 13.7. The van der Waals surface area contributed by atoms with Crippen molar-refractivity contribution < 1.29 is 14.3 Å². The van der Waals surface area contributed by atoms with Gasteiger partial charge >= 0.3 is 0 Å². The minimum absolute atomic E-state index is 0.0926. The molecule has 2 aromatic carbocycles. The van der Waals surface area contributed by atoms with E-state index in [1.807, 2.05) is 55.5 Å². The number of amides is 1. The van der Waals surface area contributed by atoms with Crippen LogP contribution in [0.5, 0.6) is 11.5 Å². The molecule has 0 unspecified atom stereocenters. The van der Waals surface area contributed by atoms with Crippen LogP contribution in [-0.4, -0.2) is 26.7 Å². The number of anilines is 1. The van der Waals surface area contributed by atoms with E-state index in [4.69, 9.17) is 9.47 Å². The third kappa shape index (κ3) is 4.36. The number of nitrogens with zero attached hydrogens (tertiary/aromatic N) is 1. The lowest BCUT2D eigenvalue weighted by Gasteiger charge is -2.14. The van der Waals surface area contributed by atoms with Crippen LogP contribution in [-0.2, 0) is 4.79 Å². The largest absolute Gasteiger partial charge is 0.493 e. The Morgan fingerprint density at radius 1 is 1.13 bits per heavy atom. The summed E-state index contributed by atoms with van der Waals surface area (Å²) in [6.45, 7) is 2.47. The van der Waals surface area contributed by atoms with Crippen LogP contribution in [0, 0.1) is 0 Å². The molecule has 0 fully saturated rings. The molecule has 0 aromatic heterocycles. The zero-order valence-electron chi connectivity index (χ0n) is 13.7. The van der Waals surface area contributed by atoms with E-state index in [9.17, 15) is 4.79 Å². The highest BCUT2D eigenvalue weighted by molar-refractivity contribution is 6.03. The topological polar surface area (TPSA) is 38.8 Å². The lowest BCUT2D eigenvalue weighted by molar-refractivity contribution is -0.113. The summed E-state index contributed by atoms with van der Waals surface area (Å²) in [5.41, 5.74) is 1.73. The molecular formula is C19H21NO3. The van der Waals surface area contributed by atoms with Gasteiger partial charge in [-0.15, -0.1) is 0 Å². The maximum Gasteiger partial charge on any atom is 0.250 e. The number of likely N-dealkylation sites (N-methyl/N-ethyl adjacent to an activating group) is 1. The van der Waals surface area contributed by atoms with E-state index < -0.39 is 0 Å². The maximum atomic E-state index is 12.2. The summed E-state index contributed by atoms with van der Waals surface area (Å²) in [4.78, 5) is 13.8. The van der Waals surface area contributed by atoms with Crippen LogP contribution in [0.4, 0.5) is 5.69 Å². The fourth-order valence-electron chi connectivity index (χ4n) is 2.12. The van der Waals surface area contributed by atoms with Crippen molar-refractivity contribution in [3.63, 3.8) is 0 Å². The summed E-state index contributed by atoms with van der Waals surface area (Å²) in [5.74, 6) is 1.25. The Hall–Kier alpha value is -2.75. The van der Waals surface area contributed by atoms with E-state index in [1.54, 1.807) is 31.2 Å². The van der Waals surface area contributed by atoms with E-state index in [-0.39, 0.29) is 5.91 Å². The monoisotopic (exact) mass is 311 g/mol. The maximum absolute atomic E-state index is 12.2. The molecule has 4 nitrogen and oxygen atoms in total. The first-order valence-corrected chi connectivity index (χ1v) is 7.47. The Labute approximate surface area is 137 Å². The van der Waals surface area contributed by atoms with E-state index >= 15 is 0 Å². The number of methoxy groups -OCH3 is 1. The van der Waals surface area contributed by atoms with Gasteiger partial charge in [0.2, 0.25) is 0 Å². The molecule has 23 heavy (non-hydrogen) atoms. The Balaban J connectivity index is 2.13. The molecule has 0 heterocycles. The van der Waals surface area contributed by atoms with Gasteiger partial charge in [-0.1, -0.05) is 24.3 Å². The van der Waals surface area contributed by atoms with Gasteiger partial charge in [0.05, 0.1) is 13.7 Å². The summed E-state index contributed by atoms with van der Waals surface area (Å²) in [6, 6.07) is 15.1. The van der Waals surface area contributed by atoms with Gasteiger partial charge in [-0.05, 0) is 42.8 Å². The highest BCUT2D eigenvalue weighted by Gasteiger charge is 2.07. The number of hydrogen-bond acceptors (Lipinski definition) is 3. The number of hydrogen-bond donors (Lipinski definition) is 0. The zero-order chi connectivity index (χ0) is 16.7. The minimum Gasteiger partial charge on any atom is -0.493 e. The molecule has 0 spiro atoms. The van der Waals surface area contributed by atoms with Crippen molar-refractivity contribution in [1.82, 2.24) is 0 Å². The van der Waals surface area contributed by atoms with Crippen LogP contribution in [0.3, 0.4) is 0 Å². The van der Waals surface area contributed by atoms with Gasteiger partial charge < -0.3 is 14.4 Å². The number of rotatable bonds is 6. The molecule has 0 saturated carbocycles.